The van der Waals surface area contributed by atoms with E-state index in [4.69, 9.17) is 4.74 Å². The Morgan fingerprint density at radius 2 is 1.76 bits per heavy atom. The molecule has 2 amide bonds. The molecule has 34 heavy (non-hydrogen) atoms. The first-order valence-corrected chi connectivity index (χ1v) is 13.5. The Bertz CT molecular complexity index is 1110. The number of amides is 2. The third-order valence-electron chi connectivity index (χ3n) is 5.11. The molecule has 0 aliphatic carbocycles. The second-order valence-corrected chi connectivity index (χ2v) is 11.3. The van der Waals surface area contributed by atoms with E-state index in [-0.39, 0.29) is 18.4 Å². The molecule has 0 spiro atoms. The fourth-order valence-electron chi connectivity index (χ4n) is 3.25. The lowest BCUT2D eigenvalue weighted by atomic mass is 10.1. The van der Waals surface area contributed by atoms with E-state index in [1.807, 2.05) is 38.1 Å². The number of nitrogens with one attached hydrogen (secondary N) is 1. The number of ether oxygens (including phenoxy) is 1. The van der Waals surface area contributed by atoms with Crippen molar-refractivity contribution in [3.63, 3.8) is 0 Å². The van der Waals surface area contributed by atoms with E-state index in [0.29, 0.717) is 18.0 Å². The van der Waals surface area contributed by atoms with Gasteiger partial charge < -0.3 is 15.0 Å². The number of nitrogens with zero attached hydrogens (tertiary/aromatic N) is 2. The molecule has 8 nitrogen and oxygen atoms in total. The smallest absolute Gasteiger partial charge is 0.244 e. The fourth-order valence-corrected chi connectivity index (χ4v) is 4.53. The molecule has 1 atom stereocenters. The van der Waals surface area contributed by atoms with Gasteiger partial charge in [-0.15, -0.1) is 0 Å². The van der Waals surface area contributed by atoms with Crippen LogP contribution in [0.15, 0.2) is 53.0 Å². The van der Waals surface area contributed by atoms with Gasteiger partial charge in [-0.2, -0.15) is 0 Å². The Hall–Kier alpha value is -2.59. The Morgan fingerprint density at radius 1 is 1.09 bits per heavy atom. The van der Waals surface area contributed by atoms with Crippen LogP contribution >= 0.6 is 15.9 Å². The van der Waals surface area contributed by atoms with E-state index in [9.17, 15) is 18.0 Å². The standard InChI is InChI=1S/C24H32BrN3O5S/c1-17(2)14-26-24(30)18(3)27(15-19-8-6-9-20(25)12-19)23(29)16-28(34(5,31)32)21-10-7-11-22(13-21)33-4/h6-13,17-18H,14-16H2,1-5H3,(H,26,30). The van der Waals surface area contributed by atoms with Crippen LogP contribution in [0.3, 0.4) is 0 Å². The maximum Gasteiger partial charge on any atom is 0.244 e. The lowest BCUT2D eigenvalue weighted by Gasteiger charge is -2.31. The topological polar surface area (TPSA) is 96.0 Å². The van der Waals surface area contributed by atoms with Crippen LogP contribution < -0.4 is 14.4 Å². The van der Waals surface area contributed by atoms with E-state index < -0.39 is 28.5 Å². The number of sulfonamides is 1. The minimum atomic E-state index is -3.80. The molecule has 1 unspecified atom stereocenters. The predicted molar refractivity (Wildman–Crippen MR) is 137 cm³/mol. The lowest BCUT2D eigenvalue weighted by molar-refractivity contribution is -0.139. The molecule has 2 aromatic carbocycles. The van der Waals surface area contributed by atoms with Gasteiger partial charge in [-0.1, -0.05) is 48.0 Å². The third kappa shape index (κ3) is 8.02. The summed E-state index contributed by atoms with van der Waals surface area (Å²) >= 11 is 3.42. The first kappa shape index (κ1) is 27.7. The summed E-state index contributed by atoms with van der Waals surface area (Å²) in [5.74, 6) is -0.0880. The summed E-state index contributed by atoms with van der Waals surface area (Å²) in [5, 5.41) is 2.85. The minimum Gasteiger partial charge on any atom is -0.497 e. The normalized spacial score (nSPS) is 12.2. The van der Waals surface area contributed by atoms with Crippen LogP contribution in [0.25, 0.3) is 0 Å². The van der Waals surface area contributed by atoms with Crippen molar-refractivity contribution in [3.05, 3.63) is 58.6 Å². The largest absolute Gasteiger partial charge is 0.497 e. The number of anilines is 1. The predicted octanol–water partition coefficient (Wildman–Crippen LogP) is 3.41. The summed E-state index contributed by atoms with van der Waals surface area (Å²) in [4.78, 5) is 27.7. The number of rotatable bonds is 11. The average molecular weight is 555 g/mol. The Morgan fingerprint density at radius 3 is 2.35 bits per heavy atom. The zero-order valence-corrected chi connectivity index (χ0v) is 22.5. The Kier molecular flexibility index (Phi) is 9.93. The van der Waals surface area contributed by atoms with Crippen LogP contribution in [-0.4, -0.2) is 57.6 Å². The molecule has 0 fully saturated rings. The molecule has 0 saturated heterocycles. The third-order valence-corrected chi connectivity index (χ3v) is 6.75. The summed E-state index contributed by atoms with van der Waals surface area (Å²) in [6.45, 7) is 5.76. The summed E-state index contributed by atoms with van der Waals surface area (Å²) in [6.07, 6.45) is 1.04. The van der Waals surface area contributed by atoms with Crippen molar-refractivity contribution in [3.8, 4) is 5.75 Å². The number of halogens is 1. The molecular formula is C24H32BrN3O5S. The van der Waals surface area contributed by atoms with Crippen molar-refractivity contribution in [2.75, 3.05) is 30.8 Å². The highest BCUT2D eigenvalue weighted by Gasteiger charge is 2.30. The molecule has 0 heterocycles. The second kappa shape index (κ2) is 12.2. The molecule has 0 radical (unpaired) electrons. The SMILES string of the molecule is COc1cccc(N(CC(=O)N(Cc2cccc(Br)c2)C(C)C(=O)NCC(C)C)S(C)(=O)=O)c1. The maximum absolute atomic E-state index is 13.5. The van der Waals surface area contributed by atoms with E-state index in [1.54, 1.807) is 31.2 Å². The van der Waals surface area contributed by atoms with Gasteiger partial charge in [0.05, 0.1) is 19.1 Å². The molecule has 0 aliphatic heterocycles. The van der Waals surface area contributed by atoms with Gasteiger partial charge in [0.15, 0.2) is 0 Å². The van der Waals surface area contributed by atoms with Gasteiger partial charge in [0, 0.05) is 23.6 Å². The number of methoxy groups -OCH3 is 1. The number of carbonyl (C=O) groups is 2. The molecule has 0 aliphatic rings. The number of hydrogen-bond acceptors (Lipinski definition) is 5. The number of hydrogen-bond donors (Lipinski definition) is 1. The molecular weight excluding hydrogens is 522 g/mol. The fraction of sp³-hybridized carbons (Fsp3) is 0.417. The molecule has 1 N–H and O–H groups in total. The van der Waals surface area contributed by atoms with E-state index in [0.717, 1.165) is 20.6 Å². The Labute approximate surface area is 210 Å². The molecule has 0 saturated carbocycles. The van der Waals surface area contributed by atoms with Crippen molar-refractivity contribution in [1.29, 1.82) is 0 Å². The first-order valence-electron chi connectivity index (χ1n) is 10.9. The highest BCUT2D eigenvalue weighted by atomic mass is 79.9. The van der Waals surface area contributed by atoms with E-state index in [2.05, 4.69) is 21.2 Å². The van der Waals surface area contributed by atoms with Gasteiger partial charge in [0.25, 0.3) is 0 Å². The van der Waals surface area contributed by atoms with Crippen LogP contribution in [0.4, 0.5) is 5.69 Å². The van der Waals surface area contributed by atoms with Crippen molar-refractivity contribution in [2.45, 2.75) is 33.4 Å². The number of benzene rings is 2. The zero-order valence-electron chi connectivity index (χ0n) is 20.1. The van der Waals surface area contributed by atoms with Gasteiger partial charge in [-0.3, -0.25) is 13.9 Å². The highest BCUT2D eigenvalue weighted by molar-refractivity contribution is 9.10. The van der Waals surface area contributed by atoms with Crippen molar-refractivity contribution in [2.24, 2.45) is 5.92 Å². The lowest BCUT2D eigenvalue weighted by Crippen LogP contribution is -2.51. The van der Waals surface area contributed by atoms with E-state index in [1.165, 1.54) is 12.0 Å². The monoisotopic (exact) mass is 553 g/mol. The summed E-state index contributed by atoms with van der Waals surface area (Å²) < 4.78 is 32.3. The minimum absolute atomic E-state index is 0.143. The molecule has 2 rings (SSSR count). The Balaban J connectivity index is 2.38. The van der Waals surface area contributed by atoms with Gasteiger partial charge in [-0.25, -0.2) is 8.42 Å². The van der Waals surface area contributed by atoms with Crippen molar-refractivity contribution in [1.82, 2.24) is 10.2 Å². The van der Waals surface area contributed by atoms with Crippen molar-refractivity contribution < 1.29 is 22.7 Å². The summed E-state index contributed by atoms with van der Waals surface area (Å²) in [7, 11) is -2.32. The van der Waals surface area contributed by atoms with Crippen LogP contribution in [0.2, 0.25) is 0 Å². The quantitative estimate of drug-likeness (QED) is 0.460. The second-order valence-electron chi connectivity index (χ2n) is 8.44. The summed E-state index contributed by atoms with van der Waals surface area (Å²) in [6, 6.07) is 13.1. The van der Waals surface area contributed by atoms with Gasteiger partial charge >= 0.3 is 0 Å². The van der Waals surface area contributed by atoms with Gasteiger partial charge in [-0.05, 0) is 42.7 Å². The molecule has 0 bridgehead atoms. The number of carbonyl (C=O) groups excluding carboxylic acids is 2. The maximum atomic E-state index is 13.5. The van der Waals surface area contributed by atoms with Gasteiger partial charge in [0.2, 0.25) is 21.8 Å². The van der Waals surface area contributed by atoms with Crippen LogP contribution in [0.5, 0.6) is 5.75 Å². The average Bonchev–Trinajstić information content (AvgIpc) is 2.78. The van der Waals surface area contributed by atoms with Gasteiger partial charge in [0.1, 0.15) is 18.3 Å². The highest BCUT2D eigenvalue weighted by Crippen LogP contribution is 2.24. The van der Waals surface area contributed by atoms with Crippen LogP contribution in [0.1, 0.15) is 26.3 Å². The molecule has 2 aromatic rings. The van der Waals surface area contributed by atoms with Crippen molar-refractivity contribution >= 4 is 43.5 Å². The van der Waals surface area contributed by atoms with Crippen LogP contribution in [0, 0.1) is 5.92 Å². The molecule has 0 aromatic heterocycles. The first-order chi connectivity index (χ1) is 15.9. The zero-order chi connectivity index (χ0) is 25.5. The summed E-state index contributed by atoms with van der Waals surface area (Å²) in [5.41, 5.74) is 1.10. The van der Waals surface area contributed by atoms with E-state index >= 15 is 0 Å². The molecule has 186 valence electrons. The van der Waals surface area contributed by atoms with Crippen LogP contribution in [-0.2, 0) is 26.2 Å². The molecule has 10 heteroatoms.